The first-order valence-corrected chi connectivity index (χ1v) is 8.62. The number of nitrogens with one attached hydrogen (secondary N) is 1. The van der Waals surface area contributed by atoms with E-state index in [1.807, 2.05) is 11.8 Å². The molecule has 1 aliphatic rings. The van der Waals surface area contributed by atoms with Crippen LogP contribution in [0.2, 0.25) is 0 Å². The molecule has 1 N–H and O–H groups in total. The summed E-state index contributed by atoms with van der Waals surface area (Å²) in [6.07, 6.45) is 4.53. The largest absolute Gasteiger partial charge is 0.310 e. The maximum absolute atomic E-state index is 13.4. The van der Waals surface area contributed by atoms with Gasteiger partial charge in [0, 0.05) is 6.04 Å². The third-order valence-corrected chi connectivity index (χ3v) is 4.95. The first-order chi connectivity index (χ1) is 9.70. The number of rotatable bonds is 6. The molecule has 0 aromatic heterocycles. The quantitative estimate of drug-likeness (QED) is 0.827. The molecule has 2 rings (SSSR count). The third kappa shape index (κ3) is 4.45. The van der Waals surface area contributed by atoms with Crippen LogP contribution in [-0.2, 0) is 0 Å². The van der Waals surface area contributed by atoms with E-state index in [0.29, 0.717) is 5.92 Å². The molecular formula is C16H23F2NS. The molecule has 1 aromatic rings. The molecule has 0 saturated carbocycles. The summed E-state index contributed by atoms with van der Waals surface area (Å²) in [5.41, 5.74) is 0.871. The lowest BCUT2D eigenvalue weighted by Crippen LogP contribution is -2.26. The van der Waals surface area contributed by atoms with Gasteiger partial charge in [-0.05, 0) is 67.3 Å². The van der Waals surface area contributed by atoms with Gasteiger partial charge in [-0.25, -0.2) is 8.78 Å². The van der Waals surface area contributed by atoms with Crippen molar-refractivity contribution in [3.05, 3.63) is 35.4 Å². The highest BCUT2D eigenvalue weighted by atomic mass is 32.2. The van der Waals surface area contributed by atoms with Gasteiger partial charge in [0.25, 0.3) is 0 Å². The first kappa shape index (κ1) is 15.8. The summed E-state index contributed by atoms with van der Waals surface area (Å²) in [6.45, 7) is 3.03. The molecule has 1 heterocycles. The molecule has 1 atom stereocenters. The minimum atomic E-state index is -0.767. The van der Waals surface area contributed by atoms with Gasteiger partial charge in [-0.15, -0.1) is 0 Å². The van der Waals surface area contributed by atoms with Crippen molar-refractivity contribution in [3.63, 3.8) is 0 Å². The number of halogens is 2. The number of benzene rings is 1. The van der Waals surface area contributed by atoms with Crippen molar-refractivity contribution in [3.8, 4) is 0 Å². The zero-order valence-electron chi connectivity index (χ0n) is 12.0. The average molecular weight is 299 g/mol. The van der Waals surface area contributed by atoms with Crippen LogP contribution >= 0.6 is 11.8 Å². The second-order valence-electron chi connectivity index (χ2n) is 5.47. The summed E-state index contributed by atoms with van der Waals surface area (Å²) in [6, 6.07) is 4.43. The Bertz CT molecular complexity index is 419. The Labute approximate surface area is 124 Å². The minimum Gasteiger partial charge on any atom is -0.310 e. The van der Waals surface area contributed by atoms with Crippen molar-refractivity contribution < 1.29 is 8.78 Å². The predicted octanol–water partition coefficient (Wildman–Crippen LogP) is 4.54. The average Bonchev–Trinajstić information content (AvgIpc) is 2.47. The molecule has 1 fully saturated rings. The van der Waals surface area contributed by atoms with E-state index in [9.17, 15) is 8.78 Å². The zero-order chi connectivity index (χ0) is 14.4. The fourth-order valence-electron chi connectivity index (χ4n) is 2.70. The van der Waals surface area contributed by atoms with E-state index in [0.717, 1.165) is 24.9 Å². The van der Waals surface area contributed by atoms with Gasteiger partial charge in [0.05, 0.1) is 0 Å². The highest BCUT2D eigenvalue weighted by molar-refractivity contribution is 7.99. The Morgan fingerprint density at radius 1 is 1.25 bits per heavy atom. The molecule has 1 nitrogen and oxygen atoms in total. The Morgan fingerprint density at radius 2 is 2.00 bits per heavy atom. The molecule has 112 valence electrons. The highest BCUT2D eigenvalue weighted by Crippen LogP contribution is 2.31. The third-order valence-electron chi connectivity index (χ3n) is 3.90. The number of thioether (sulfide) groups is 1. The Morgan fingerprint density at radius 3 is 2.65 bits per heavy atom. The maximum atomic E-state index is 13.4. The molecule has 1 saturated heterocycles. The molecule has 4 heteroatoms. The first-order valence-electron chi connectivity index (χ1n) is 7.46. The van der Waals surface area contributed by atoms with E-state index in [2.05, 4.69) is 12.2 Å². The van der Waals surface area contributed by atoms with Gasteiger partial charge in [0.15, 0.2) is 11.6 Å². The van der Waals surface area contributed by atoms with Gasteiger partial charge in [0.2, 0.25) is 0 Å². The van der Waals surface area contributed by atoms with E-state index in [-0.39, 0.29) is 6.04 Å². The molecule has 0 spiro atoms. The van der Waals surface area contributed by atoms with Crippen LogP contribution in [0.3, 0.4) is 0 Å². The Kier molecular flexibility index (Phi) is 6.30. The summed E-state index contributed by atoms with van der Waals surface area (Å²) < 4.78 is 26.5. The molecule has 20 heavy (non-hydrogen) atoms. The van der Waals surface area contributed by atoms with Crippen LogP contribution in [-0.4, -0.2) is 18.1 Å². The summed E-state index contributed by atoms with van der Waals surface area (Å²) in [4.78, 5) is 0. The van der Waals surface area contributed by atoms with Crippen LogP contribution in [0, 0.1) is 17.6 Å². The Balaban J connectivity index is 2.06. The Hall–Kier alpha value is -0.610. The van der Waals surface area contributed by atoms with E-state index >= 15 is 0 Å². The van der Waals surface area contributed by atoms with Crippen LogP contribution in [0.5, 0.6) is 0 Å². The van der Waals surface area contributed by atoms with Gasteiger partial charge >= 0.3 is 0 Å². The van der Waals surface area contributed by atoms with Gasteiger partial charge in [-0.1, -0.05) is 13.0 Å². The van der Waals surface area contributed by atoms with Crippen LogP contribution < -0.4 is 5.32 Å². The standard InChI is InChI=1S/C16H23F2NS/c1-2-7-19-16(10-12-5-8-20-9-6-12)13-3-4-14(17)15(18)11-13/h3-4,11-12,16,19H,2,5-10H2,1H3. The van der Waals surface area contributed by atoms with Crippen molar-refractivity contribution in [2.24, 2.45) is 5.92 Å². The van der Waals surface area contributed by atoms with Crippen molar-refractivity contribution in [2.75, 3.05) is 18.1 Å². The summed E-state index contributed by atoms with van der Waals surface area (Å²) in [7, 11) is 0. The summed E-state index contributed by atoms with van der Waals surface area (Å²) >= 11 is 2.01. The molecule has 0 amide bonds. The minimum absolute atomic E-state index is 0.137. The molecular weight excluding hydrogens is 276 g/mol. The molecule has 1 aliphatic heterocycles. The summed E-state index contributed by atoms with van der Waals surface area (Å²) in [5, 5.41) is 3.48. The fraction of sp³-hybridized carbons (Fsp3) is 0.625. The van der Waals surface area contributed by atoms with Crippen LogP contribution in [0.1, 0.15) is 44.2 Å². The summed E-state index contributed by atoms with van der Waals surface area (Å²) in [5.74, 6) is 1.63. The highest BCUT2D eigenvalue weighted by Gasteiger charge is 2.20. The van der Waals surface area contributed by atoms with Gasteiger partial charge in [-0.2, -0.15) is 11.8 Å². The fourth-order valence-corrected chi connectivity index (χ4v) is 3.90. The molecule has 0 aliphatic carbocycles. The smallest absolute Gasteiger partial charge is 0.159 e. The van der Waals surface area contributed by atoms with Crippen LogP contribution in [0.4, 0.5) is 8.78 Å². The second-order valence-corrected chi connectivity index (χ2v) is 6.70. The maximum Gasteiger partial charge on any atom is 0.159 e. The number of hydrogen-bond acceptors (Lipinski definition) is 2. The van der Waals surface area contributed by atoms with E-state index in [4.69, 9.17) is 0 Å². The lowest BCUT2D eigenvalue weighted by molar-refractivity contribution is 0.369. The molecule has 1 aromatic carbocycles. The second kappa shape index (κ2) is 7.99. The SMILES string of the molecule is CCCNC(CC1CCSCC1)c1ccc(F)c(F)c1. The van der Waals surface area contributed by atoms with Crippen molar-refractivity contribution in [1.29, 1.82) is 0 Å². The molecule has 0 radical (unpaired) electrons. The van der Waals surface area contributed by atoms with Crippen molar-refractivity contribution in [2.45, 2.75) is 38.6 Å². The van der Waals surface area contributed by atoms with Gasteiger partial charge in [-0.3, -0.25) is 0 Å². The van der Waals surface area contributed by atoms with Crippen molar-refractivity contribution in [1.82, 2.24) is 5.32 Å². The topological polar surface area (TPSA) is 12.0 Å². The van der Waals surface area contributed by atoms with E-state index in [1.54, 1.807) is 6.07 Å². The predicted molar refractivity (Wildman–Crippen MR) is 82.1 cm³/mol. The lowest BCUT2D eigenvalue weighted by atomic mass is 9.90. The normalized spacial score (nSPS) is 18.1. The van der Waals surface area contributed by atoms with Crippen LogP contribution in [0.25, 0.3) is 0 Å². The number of hydrogen-bond donors (Lipinski definition) is 1. The van der Waals surface area contributed by atoms with Gasteiger partial charge < -0.3 is 5.32 Å². The van der Waals surface area contributed by atoms with Gasteiger partial charge in [0.1, 0.15) is 0 Å². The molecule has 1 unspecified atom stereocenters. The lowest BCUT2D eigenvalue weighted by Gasteiger charge is -2.27. The molecule has 0 bridgehead atoms. The zero-order valence-corrected chi connectivity index (χ0v) is 12.8. The van der Waals surface area contributed by atoms with Crippen molar-refractivity contribution >= 4 is 11.8 Å². The van der Waals surface area contributed by atoms with Crippen LogP contribution in [0.15, 0.2) is 18.2 Å². The van der Waals surface area contributed by atoms with E-state index in [1.165, 1.54) is 36.5 Å². The van der Waals surface area contributed by atoms with E-state index < -0.39 is 11.6 Å². The monoisotopic (exact) mass is 299 g/mol.